The molecular weight excluding hydrogens is 287 g/mol. The summed E-state index contributed by atoms with van der Waals surface area (Å²) in [7, 11) is 0. The van der Waals surface area contributed by atoms with Gasteiger partial charge in [0.1, 0.15) is 6.54 Å². The number of carbonyl (C=O) groups excluding carboxylic acids is 1. The normalized spacial score (nSPS) is 15.7. The van der Waals surface area contributed by atoms with Crippen molar-refractivity contribution >= 4 is 34.8 Å². The monoisotopic (exact) mass is 302 g/mol. The lowest BCUT2D eigenvalue weighted by molar-refractivity contribution is -0.119. The topological polar surface area (TPSA) is 50.4 Å². The second-order valence-corrected chi connectivity index (χ2v) is 5.30. The van der Waals surface area contributed by atoms with Gasteiger partial charge in [-0.05, 0) is 25.0 Å². The van der Waals surface area contributed by atoms with Crippen LogP contribution < -0.4 is 10.8 Å². The summed E-state index contributed by atoms with van der Waals surface area (Å²) in [5.74, 6) is -0.243. The largest absolute Gasteiger partial charge is 0.322 e. The summed E-state index contributed by atoms with van der Waals surface area (Å²) in [4.78, 5) is 17.1. The molecule has 0 aliphatic heterocycles. The van der Waals surface area contributed by atoms with Crippen LogP contribution in [0.5, 0.6) is 0 Å². The van der Waals surface area contributed by atoms with E-state index >= 15 is 0 Å². The number of hydrogen-bond donors (Lipinski definition) is 2. The molecule has 2 N–H and O–H groups in total. The first-order valence-electron chi connectivity index (χ1n) is 6.29. The molecule has 1 amide bonds. The Morgan fingerprint density at radius 3 is 2.53 bits per heavy atom. The van der Waals surface area contributed by atoms with Crippen LogP contribution in [0.3, 0.4) is 0 Å². The minimum Gasteiger partial charge on any atom is -0.322 e. The van der Waals surface area contributed by atoms with Gasteiger partial charge in [0.25, 0.3) is 0 Å². The average Bonchev–Trinajstić information content (AvgIpc) is 2.87. The van der Waals surface area contributed by atoms with Gasteiger partial charge >= 0.3 is 0 Å². The molecule has 1 aliphatic rings. The van der Waals surface area contributed by atoms with Gasteiger partial charge in [-0.2, -0.15) is 5.48 Å². The molecule has 0 unspecified atom stereocenters. The van der Waals surface area contributed by atoms with Crippen molar-refractivity contribution in [1.82, 2.24) is 5.48 Å². The van der Waals surface area contributed by atoms with Gasteiger partial charge < -0.3 is 5.32 Å². The van der Waals surface area contributed by atoms with Gasteiger partial charge in [-0.1, -0.05) is 42.1 Å². The maximum absolute atomic E-state index is 11.7. The highest BCUT2D eigenvalue weighted by atomic mass is 35.5. The number of rotatable bonds is 5. The summed E-state index contributed by atoms with van der Waals surface area (Å²) < 4.78 is 0. The van der Waals surface area contributed by atoms with E-state index in [2.05, 4.69) is 10.8 Å². The zero-order chi connectivity index (χ0) is 13.7. The fraction of sp³-hybridized carbons (Fsp3) is 0.462. The van der Waals surface area contributed by atoms with E-state index in [0.29, 0.717) is 15.7 Å². The zero-order valence-electron chi connectivity index (χ0n) is 10.4. The molecule has 2 rings (SSSR count). The van der Waals surface area contributed by atoms with Crippen molar-refractivity contribution < 1.29 is 9.63 Å². The van der Waals surface area contributed by atoms with Gasteiger partial charge in [-0.25, -0.2) is 0 Å². The number of nitrogens with one attached hydrogen (secondary N) is 2. The molecule has 0 radical (unpaired) electrons. The van der Waals surface area contributed by atoms with Crippen LogP contribution in [0.1, 0.15) is 25.7 Å². The lowest BCUT2D eigenvalue weighted by Crippen LogP contribution is -2.31. The van der Waals surface area contributed by atoms with Crippen molar-refractivity contribution in [2.24, 2.45) is 0 Å². The number of hydrogen-bond acceptors (Lipinski definition) is 3. The minimum absolute atomic E-state index is 0.0675. The number of para-hydroxylation sites is 1. The second-order valence-electron chi connectivity index (χ2n) is 4.49. The number of amides is 1. The van der Waals surface area contributed by atoms with Crippen molar-refractivity contribution in [2.45, 2.75) is 31.8 Å². The summed E-state index contributed by atoms with van der Waals surface area (Å²) >= 11 is 11.9. The van der Waals surface area contributed by atoms with E-state index in [9.17, 15) is 4.79 Å². The maximum Gasteiger partial charge on any atom is 0.240 e. The van der Waals surface area contributed by atoms with Crippen molar-refractivity contribution in [1.29, 1.82) is 0 Å². The third-order valence-corrected chi connectivity index (χ3v) is 3.64. The smallest absolute Gasteiger partial charge is 0.240 e. The molecule has 1 saturated carbocycles. The van der Waals surface area contributed by atoms with E-state index in [-0.39, 0.29) is 18.6 Å². The highest BCUT2D eigenvalue weighted by Crippen LogP contribution is 2.29. The van der Waals surface area contributed by atoms with Gasteiger partial charge in [-0.15, -0.1) is 0 Å². The Balaban J connectivity index is 1.77. The molecule has 1 aromatic carbocycles. The minimum atomic E-state index is -0.243. The number of hydroxylamine groups is 1. The third-order valence-electron chi connectivity index (χ3n) is 3.01. The van der Waals surface area contributed by atoms with Crippen LogP contribution in [-0.4, -0.2) is 18.6 Å². The zero-order valence-corrected chi connectivity index (χ0v) is 11.9. The van der Waals surface area contributed by atoms with Crippen LogP contribution >= 0.6 is 23.2 Å². The first-order chi connectivity index (χ1) is 9.16. The first kappa shape index (κ1) is 14.6. The van der Waals surface area contributed by atoms with Crippen LogP contribution in [0.2, 0.25) is 10.0 Å². The Labute approximate surface area is 122 Å². The number of halogens is 2. The van der Waals surface area contributed by atoms with Gasteiger partial charge in [0.2, 0.25) is 5.91 Å². The van der Waals surface area contributed by atoms with E-state index in [1.807, 2.05) is 0 Å². The second kappa shape index (κ2) is 7.10. The molecule has 1 aliphatic carbocycles. The van der Waals surface area contributed by atoms with Crippen LogP contribution in [-0.2, 0) is 9.63 Å². The molecule has 1 aromatic rings. The standard InChI is InChI=1S/C13H16Cl2N2O2/c14-10-6-3-7-11(15)13(10)17-12(18)8-16-19-9-4-1-2-5-9/h3,6-7,9,16H,1-2,4-5,8H2,(H,17,18). The van der Waals surface area contributed by atoms with Crippen molar-refractivity contribution in [3.05, 3.63) is 28.2 Å². The molecule has 104 valence electrons. The molecule has 0 aromatic heterocycles. The molecule has 6 heteroatoms. The van der Waals surface area contributed by atoms with E-state index in [4.69, 9.17) is 28.0 Å². The predicted octanol–water partition coefficient (Wildman–Crippen LogP) is 3.40. The Morgan fingerprint density at radius 2 is 1.89 bits per heavy atom. The summed E-state index contributed by atoms with van der Waals surface area (Å²) in [5, 5.41) is 3.49. The Morgan fingerprint density at radius 1 is 1.26 bits per heavy atom. The first-order valence-corrected chi connectivity index (χ1v) is 7.05. The van der Waals surface area contributed by atoms with Gasteiger partial charge in [-0.3, -0.25) is 9.63 Å². The molecule has 0 atom stereocenters. The SMILES string of the molecule is O=C(CNOC1CCCC1)Nc1c(Cl)cccc1Cl. The number of anilines is 1. The summed E-state index contributed by atoms with van der Waals surface area (Å²) in [5.41, 5.74) is 3.12. The molecule has 0 bridgehead atoms. The summed E-state index contributed by atoms with van der Waals surface area (Å²) in [6, 6.07) is 5.07. The molecule has 19 heavy (non-hydrogen) atoms. The summed E-state index contributed by atoms with van der Waals surface area (Å²) in [6.45, 7) is 0.0675. The molecule has 1 fully saturated rings. The van der Waals surface area contributed by atoms with Crippen LogP contribution in [0.4, 0.5) is 5.69 Å². The Bertz CT molecular complexity index is 428. The number of carbonyl (C=O) groups is 1. The van der Waals surface area contributed by atoms with Crippen LogP contribution in [0.25, 0.3) is 0 Å². The quantitative estimate of drug-likeness (QED) is 0.820. The van der Waals surface area contributed by atoms with E-state index in [0.717, 1.165) is 12.8 Å². The fourth-order valence-electron chi connectivity index (χ4n) is 2.03. The van der Waals surface area contributed by atoms with Crippen molar-refractivity contribution in [2.75, 3.05) is 11.9 Å². The molecule has 0 spiro atoms. The maximum atomic E-state index is 11.7. The highest BCUT2D eigenvalue weighted by Gasteiger charge is 2.16. The lowest BCUT2D eigenvalue weighted by atomic mass is 10.3. The molecular formula is C13H16Cl2N2O2. The highest BCUT2D eigenvalue weighted by molar-refractivity contribution is 6.39. The summed E-state index contributed by atoms with van der Waals surface area (Å²) in [6.07, 6.45) is 4.69. The van der Waals surface area contributed by atoms with E-state index in [1.165, 1.54) is 12.8 Å². The Kier molecular flexibility index (Phi) is 5.45. The van der Waals surface area contributed by atoms with Crippen molar-refractivity contribution in [3.63, 3.8) is 0 Å². The number of benzene rings is 1. The third kappa shape index (κ3) is 4.35. The lowest BCUT2D eigenvalue weighted by Gasteiger charge is -2.12. The van der Waals surface area contributed by atoms with E-state index in [1.54, 1.807) is 18.2 Å². The van der Waals surface area contributed by atoms with Crippen LogP contribution in [0.15, 0.2) is 18.2 Å². The predicted molar refractivity (Wildman–Crippen MR) is 76.4 cm³/mol. The Hall–Kier alpha value is -0.810. The van der Waals surface area contributed by atoms with Gasteiger partial charge in [0.15, 0.2) is 0 Å². The average molecular weight is 303 g/mol. The van der Waals surface area contributed by atoms with Gasteiger partial charge in [0, 0.05) is 0 Å². The van der Waals surface area contributed by atoms with Gasteiger partial charge in [0.05, 0.1) is 21.8 Å². The van der Waals surface area contributed by atoms with E-state index < -0.39 is 0 Å². The fourth-order valence-corrected chi connectivity index (χ4v) is 2.52. The van der Waals surface area contributed by atoms with Crippen molar-refractivity contribution in [3.8, 4) is 0 Å². The van der Waals surface area contributed by atoms with Crippen LogP contribution in [0, 0.1) is 0 Å². The molecule has 4 nitrogen and oxygen atoms in total. The molecule has 0 heterocycles. The molecule has 0 saturated heterocycles.